The van der Waals surface area contributed by atoms with E-state index in [9.17, 15) is 9.59 Å². The second-order valence-electron chi connectivity index (χ2n) is 4.91. The minimum atomic E-state index is -0.185. The first-order chi connectivity index (χ1) is 10.1. The predicted octanol–water partition coefficient (Wildman–Crippen LogP) is 0.807. The summed E-state index contributed by atoms with van der Waals surface area (Å²) < 4.78 is 0. The number of aryl methyl sites for hydroxylation is 1. The number of fused-ring (bicyclic) bond motifs is 1. The van der Waals surface area contributed by atoms with Crippen LogP contribution in [0.2, 0.25) is 0 Å². The number of aromatic nitrogens is 2. The van der Waals surface area contributed by atoms with Gasteiger partial charge in [-0.1, -0.05) is 0 Å². The zero-order chi connectivity index (χ0) is 14.8. The fourth-order valence-electron chi connectivity index (χ4n) is 2.26. The standard InChI is InChI=1S/C14H15N5O2/c15-13-10(7-17-19-13)6-16-14(21)9-1-3-11-8(5-9)2-4-12(20)18-11/h1,3,5,7H,2,4,6H2,(H,16,21)(H,18,20)(H3,15,17,19). The molecule has 0 unspecified atom stereocenters. The molecule has 2 heterocycles. The topological polar surface area (TPSA) is 113 Å². The van der Waals surface area contributed by atoms with E-state index < -0.39 is 0 Å². The number of rotatable bonds is 3. The maximum Gasteiger partial charge on any atom is 0.251 e. The minimum Gasteiger partial charge on any atom is -0.384 e. The van der Waals surface area contributed by atoms with Crippen molar-refractivity contribution in [2.75, 3.05) is 11.1 Å². The van der Waals surface area contributed by atoms with Gasteiger partial charge in [0.1, 0.15) is 5.82 Å². The lowest BCUT2D eigenvalue weighted by molar-refractivity contribution is -0.116. The van der Waals surface area contributed by atoms with E-state index in [2.05, 4.69) is 20.8 Å². The summed E-state index contributed by atoms with van der Waals surface area (Å²) in [6.07, 6.45) is 2.68. The highest BCUT2D eigenvalue weighted by Gasteiger charge is 2.16. The van der Waals surface area contributed by atoms with E-state index in [0.29, 0.717) is 30.8 Å². The molecule has 2 amide bonds. The number of benzene rings is 1. The lowest BCUT2D eigenvalue weighted by atomic mass is 10.00. The highest BCUT2D eigenvalue weighted by Crippen LogP contribution is 2.23. The van der Waals surface area contributed by atoms with Crippen LogP contribution >= 0.6 is 0 Å². The molecule has 5 N–H and O–H groups in total. The molecule has 0 saturated heterocycles. The predicted molar refractivity (Wildman–Crippen MR) is 77.6 cm³/mol. The Kier molecular flexibility index (Phi) is 3.31. The second kappa shape index (κ2) is 5.28. The molecule has 1 aromatic carbocycles. The molecule has 2 aromatic rings. The van der Waals surface area contributed by atoms with Crippen LogP contribution in [0.5, 0.6) is 0 Å². The zero-order valence-corrected chi connectivity index (χ0v) is 11.3. The third-order valence-corrected chi connectivity index (χ3v) is 3.45. The molecule has 0 aliphatic carbocycles. The molecule has 0 saturated carbocycles. The Balaban J connectivity index is 1.70. The first kappa shape index (κ1) is 13.2. The number of nitrogens with two attached hydrogens (primary N) is 1. The van der Waals surface area contributed by atoms with Gasteiger partial charge in [-0.2, -0.15) is 5.10 Å². The third kappa shape index (κ3) is 2.71. The molecule has 0 spiro atoms. The monoisotopic (exact) mass is 285 g/mol. The van der Waals surface area contributed by atoms with Crippen LogP contribution in [-0.2, 0) is 17.8 Å². The first-order valence-corrected chi connectivity index (χ1v) is 6.62. The smallest absolute Gasteiger partial charge is 0.251 e. The third-order valence-electron chi connectivity index (χ3n) is 3.45. The van der Waals surface area contributed by atoms with Gasteiger partial charge in [-0.15, -0.1) is 0 Å². The van der Waals surface area contributed by atoms with Crippen molar-refractivity contribution in [3.8, 4) is 0 Å². The van der Waals surface area contributed by atoms with Gasteiger partial charge in [-0.3, -0.25) is 14.7 Å². The Hall–Kier alpha value is -2.83. The normalized spacial score (nSPS) is 13.4. The fraction of sp³-hybridized carbons (Fsp3) is 0.214. The first-order valence-electron chi connectivity index (χ1n) is 6.62. The molecule has 1 aliphatic rings. The van der Waals surface area contributed by atoms with Crippen LogP contribution in [0.1, 0.15) is 27.9 Å². The van der Waals surface area contributed by atoms with Crippen molar-refractivity contribution in [2.45, 2.75) is 19.4 Å². The van der Waals surface area contributed by atoms with Gasteiger partial charge in [-0.05, 0) is 30.2 Å². The highest BCUT2D eigenvalue weighted by atomic mass is 16.2. The van der Waals surface area contributed by atoms with Gasteiger partial charge >= 0.3 is 0 Å². The number of hydrogen-bond donors (Lipinski definition) is 4. The average Bonchev–Trinajstić information content (AvgIpc) is 2.89. The summed E-state index contributed by atoms with van der Waals surface area (Å²) >= 11 is 0. The molecular weight excluding hydrogens is 270 g/mol. The molecule has 108 valence electrons. The van der Waals surface area contributed by atoms with Crippen LogP contribution in [0.15, 0.2) is 24.4 Å². The van der Waals surface area contributed by atoms with E-state index >= 15 is 0 Å². The van der Waals surface area contributed by atoms with Crippen LogP contribution in [0.4, 0.5) is 11.5 Å². The maximum atomic E-state index is 12.1. The van der Waals surface area contributed by atoms with Crippen molar-refractivity contribution in [2.24, 2.45) is 0 Å². The summed E-state index contributed by atoms with van der Waals surface area (Å²) in [5.74, 6) is 0.272. The van der Waals surface area contributed by atoms with Crippen molar-refractivity contribution >= 4 is 23.3 Å². The lowest BCUT2D eigenvalue weighted by Crippen LogP contribution is -2.24. The number of carbonyl (C=O) groups is 2. The summed E-state index contributed by atoms with van der Waals surface area (Å²) in [5, 5.41) is 12.0. The van der Waals surface area contributed by atoms with Gasteiger partial charge in [-0.25, -0.2) is 0 Å². The van der Waals surface area contributed by atoms with Crippen molar-refractivity contribution in [3.63, 3.8) is 0 Å². The van der Waals surface area contributed by atoms with Gasteiger partial charge in [0.2, 0.25) is 5.91 Å². The van der Waals surface area contributed by atoms with Gasteiger partial charge in [0.25, 0.3) is 5.91 Å². The number of amides is 2. The second-order valence-corrected chi connectivity index (χ2v) is 4.91. The Labute approximate surface area is 120 Å². The molecule has 3 rings (SSSR count). The SMILES string of the molecule is Nc1[nH]ncc1CNC(=O)c1ccc2c(c1)CCC(=O)N2. The van der Waals surface area contributed by atoms with Crippen molar-refractivity contribution in [1.29, 1.82) is 0 Å². The van der Waals surface area contributed by atoms with E-state index in [1.54, 1.807) is 18.3 Å². The van der Waals surface area contributed by atoms with E-state index in [4.69, 9.17) is 5.73 Å². The maximum absolute atomic E-state index is 12.1. The van der Waals surface area contributed by atoms with Crippen LogP contribution in [-0.4, -0.2) is 22.0 Å². The van der Waals surface area contributed by atoms with Gasteiger partial charge in [0.15, 0.2) is 0 Å². The molecule has 0 bridgehead atoms. The summed E-state index contributed by atoms with van der Waals surface area (Å²) in [7, 11) is 0. The highest BCUT2D eigenvalue weighted by molar-refractivity contribution is 5.97. The number of anilines is 2. The molecule has 1 aliphatic heterocycles. The average molecular weight is 285 g/mol. The van der Waals surface area contributed by atoms with Crippen molar-refractivity contribution in [1.82, 2.24) is 15.5 Å². The Bertz CT molecular complexity index is 707. The molecule has 7 nitrogen and oxygen atoms in total. The van der Waals surface area contributed by atoms with E-state index in [-0.39, 0.29) is 11.8 Å². The minimum absolute atomic E-state index is 0.00938. The number of hydrogen-bond acceptors (Lipinski definition) is 4. The number of nitrogens with zero attached hydrogens (tertiary/aromatic N) is 1. The number of aromatic amines is 1. The molecular formula is C14H15N5O2. The Morgan fingerprint density at radius 1 is 1.38 bits per heavy atom. The fourth-order valence-corrected chi connectivity index (χ4v) is 2.26. The van der Waals surface area contributed by atoms with E-state index in [0.717, 1.165) is 16.8 Å². The molecule has 0 radical (unpaired) electrons. The van der Waals surface area contributed by atoms with Crippen LogP contribution in [0, 0.1) is 0 Å². The zero-order valence-electron chi connectivity index (χ0n) is 11.3. The van der Waals surface area contributed by atoms with Gasteiger partial charge < -0.3 is 16.4 Å². The number of nitrogens with one attached hydrogen (secondary N) is 3. The summed E-state index contributed by atoms with van der Waals surface area (Å²) in [5.41, 5.74) is 8.72. The van der Waals surface area contributed by atoms with Crippen molar-refractivity contribution in [3.05, 3.63) is 41.1 Å². The molecule has 0 fully saturated rings. The van der Waals surface area contributed by atoms with Crippen LogP contribution in [0.25, 0.3) is 0 Å². The van der Waals surface area contributed by atoms with Crippen LogP contribution < -0.4 is 16.4 Å². The Morgan fingerprint density at radius 3 is 3.00 bits per heavy atom. The van der Waals surface area contributed by atoms with Gasteiger partial charge in [0, 0.05) is 29.8 Å². The quantitative estimate of drug-likeness (QED) is 0.668. The number of H-pyrrole nitrogens is 1. The molecule has 21 heavy (non-hydrogen) atoms. The summed E-state index contributed by atoms with van der Waals surface area (Å²) in [4.78, 5) is 23.4. The largest absolute Gasteiger partial charge is 0.384 e. The van der Waals surface area contributed by atoms with E-state index in [1.165, 1.54) is 0 Å². The lowest BCUT2D eigenvalue weighted by Gasteiger charge is -2.17. The molecule has 7 heteroatoms. The summed E-state index contributed by atoms with van der Waals surface area (Å²) in [6.45, 7) is 0.314. The summed E-state index contributed by atoms with van der Waals surface area (Å²) in [6, 6.07) is 5.26. The van der Waals surface area contributed by atoms with Crippen LogP contribution in [0.3, 0.4) is 0 Å². The molecule has 0 atom stereocenters. The van der Waals surface area contributed by atoms with E-state index in [1.807, 2.05) is 6.07 Å². The van der Waals surface area contributed by atoms with Crippen molar-refractivity contribution < 1.29 is 9.59 Å². The van der Waals surface area contributed by atoms with Gasteiger partial charge in [0.05, 0.1) is 6.20 Å². The number of nitrogen functional groups attached to an aromatic ring is 1. The molecule has 1 aromatic heterocycles. The number of carbonyl (C=O) groups excluding carboxylic acids is 2. The Morgan fingerprint density at radius 2 is 2.24 bits per heavy atom.